The van der Waals surface area contributed by atoms with Crippen LogP contribution in [-0.2, 0) is 0 Å². The highest BCUT2D eigenvalue weighted by molar-refractivity contribution is 5.36. The van der Waals surface area contributed by atoms with Gasteiger partial charge in [-0.05, 0) is 19.7 Å². The molecule has 1 aliphatic heterocycles. The van der Waals surface area contributed by atoms with Gasteiger partial charge in [-0.1, -0.05) is 25.1 Å². The highest BCUT2D eigenvalue weighted by atomic mass is 16.5. The second-order valence-corrected chi connectivity index (χ2v) is 5.46. The normalized spacial score (nSPS) is 18.9. The maximum atomic E-state index is 5.51. The number of hydrogen-bond donors (Lipinski definition) is 1. The minimum absolute atomic E-state index is 0.333. The standard InChI is InChI=1S/C16H27N3O/c1-4-17-15(13-19-11-9-18(2)10-12-19)14-7-5-6-8-16(14)20-3/h5-8,15,17H,4,9-13H2,1-3H3. The van der Waals surface area contributed by atoms with Gasteiger partial charge in [0.15, 0.2) is 0 Å². The van der Waals surface area contributed by atoms with Crippen molar-refractivity contribution >= 4 is 0 Å². The predicted octanol–water partition coefficient (Wildman–Crippen LogP) is 1.59. The van der Waals surface area contributed by atoms with Crippen LogP contribution in [0.3, 0.4) is 0 Å². The molecule has 1 saturated heterocycles. The lowest BCUT2D eigenvalue weighted by molar-refractivity contribution is 0.142. The summed E-state index contributed by atoms with van der Waals surface area (Å²) in [5.41, 5.74) is 1.26. The Bertz CT molecular complexity index is 402. The Morgan fingerprint density at radius 3 is 2.55 bits per heavy atom. The van der Waals surface area contributed by atoms with Gasteiger partial charge in [-0.25, -0.2) is 0 Å². The Morgan fingerprint density at radius 2 is 1.90 bits per heavy atom. The summed E-state index contributed by atoms with van der Waals surface area (Å²) in [7, 11) is 3.94. The first-order valence-corrected chi connectivity index (χ1v) is 7.51. The number of ether oxygens (including phenoxy) is 1. The minimum Gasteiger partial charge on any atom is -0.496 e. The Morgan fingerprint density at radius 1 is 1.20 bits per heavy atom. The summed E-state index contributed by atoms with van der Waals surface area (Å²) in [5, 5.41) is 3.60. The molecule has 0 aromatic heterocycles. The summed E-state index contributed by atoms with van der Waals surface area (Å²) in [6.45, 7) is 8.78. The Balaban J connectivity index is 2.06. The van der Waals surface area contributed by atoms with Crippen LogP contribution in [0.25, 0.3) is 0 Å². The molecule has 0 aliphatic carbocycles. The molecule has 0 bridgehead atoms. The molecule has 1 aliphatic rings. The van der Waals surface area contributed by atoms with Gasteiger partial charge < -0.3 is 15.0 Å². The second kappa shape index (κ2) is 7.62. The topological polar surface area (TPSA) is 27.7 Å². The summed E-state index contributed by atoms with van der Waals surface area (Å²) >= 11 is 0. The van der Waals surface area contributed by atoms with E-state index in [0.717, 1.165) is 45.0 Å². The van der Waals surface area contributed by atoms with Gasteiger partial charge in [0.25, 0.3) is 0 Å². The van der Waals surface area contributed by atoms with E-state index in [1.54, 1.807) is 7.11 Å². The number of piperazine rings is 1. The zero-order valence-corrected chi connectivity index (χ0v) is 12.9. The van der Waals surface area contributed by atoms with E-state index in [1.165, 1.54) is 5.56 Å². The molecule has 2 rings (SSSR count). The molecule has 0 spiro atoms. The van der Waals surface area contributed by atoms with Crippen molar-refractivity contribution in [3.8, 4) is 5.75 Å². The minimum atomic E-state index is 0.333. The molecule has 20 heavy (non-hydrogen) atoms. The molecule has 1 aromatic rings. The predicted molar refractivity (Wildman–Crippen MR) is 83.3 cm³/mol. The van der Waals surface area contributed by atoms with Gasteiger partial charge in [-0.2, -0.15) is 0 Å². The highest BCUT2D eigenvalue weighted by Gasteiger charge is 2.21. The van der Waals surface area contributed by atoms with E-state index in [1.807, 2.05) is 12.1 Å². The average Bonchev–Trinajstić information content (AvgIpc) is 2.49. The lowest BCUT2D eigenvalue weighted by Gasteiger charge is -2.35. The molecular formula is C16H27N3O. The fraction of sp³-hybridized carbons (Fsp3) is 0.625. The fourth-order valence-electron chi connectivity index (χ4n) is 2.76. The van der Waals surface area contributed by atoms with Gasteiger partial charge in [0, 0.05) is 44.3 Å². The first-order valence-electron chi connectivity index (χ1n) is 7.51. The molecule has 0 radical (unpaired) electrons. The maximum absolute atomic E-state index is 5.51. The number of methoxy groups -OCH3 is 1. The van der Waals surface area contributed by atoms with Gasteiger partial charge in [0.1, 0.15) is 5.75 Å². The lowest BCUT2D eigenvalue weighted by atomic mass is 10.0. The SMILES string of the molecule is CCNC(CN1CCN(C)CC1)c1ccccc1OC. The van der Waals surface area contributed by atoms with Gasteiger partial charge >= 0.3 is 0 Å². The van der Waals surface area contributed by atoms with Crippen LogP contribution in [-0.4, -0.2) is 63.2 Å². The van der Waals surface area contributed by atoms with E-state index in [2.05, 4.69) is 41.2 Å². The summed E-state index contributed by atoms with van der Waals surface area (Å²) in [6.07, 6.45) is 0. The van der Waals surface area contributed by atoms with E-state index < -0.39 is 0 Å². The van der Waals surface area contributed by atoms with Crippen LogP contribution in [0.4, 0.5) is 0 Å². The number of rotatable bonds is 6. The largest absolute Gasteiger partial charge is 0.496 e. The van der Waals surface area contributed by atoms with Crippen molar-refractivity contribution < 1.29 is 4.74 Å². The average molecular weight is 277 g/mol. The van der Waals surface area contributed by atoms with Gasteiger partial charge in [0.2, 0.25) is 0 Å². The van der Waals surface area contributed by atoms with E-state index in [4.69, 9.17) is 4.74 Å². The van der Waals surface area contributed by atoms with Crippen molar-refractivity contribution in [1.82, 2.24) is 15.1 Å². The van der Waals surface area contributed by atoms with Gasteiger partial charge in [-0.15, -0.1) is 0 Å². The molecule has 1 heterocycles. The van der Waals surface area contributed by atoms with E-state index in [-0.39, 0.29) is 0 Å². The number of hydrogen-bond acceptors (Lipinski definition) is 4. The van der Waals surface area contributed by atoms with Crippen LogP contribution in [0.1, 0.15) is 18.5 Å². The molecule has 0 amide bonds. The summed E-state index contributed by atoms with van der Waals surface area (Å²) in [5.74, 6) is 0.979. The van der Waals surface area contributed by atoms with Crippen LogP contribution in [0.5, 0.6) is 5.75 Å². The molecule has 1 atom stereocenters. The zero-order valence-electron chi connectivity index (χ0n) is 12.9. The van der Waals surface area contributed by atoms with Crippen LogP contribution in [0, 0.1) is 0 Å². The van der Waals surface area contributed by atoms with Crippen molar-refractivity contribution in [2.24, 2.45) is 0 Å². The quantitative estimate of drug-likeness (QED) is 0.855. The molecule has 0 saturated carbocycles. The Hall–Kier alpha value is -1.10. The first kappa shape index (κ1) is 15.3. The summed E-state index contributed by atoms with van der Waals surface area (Å²) in [4.78, 5) is 4.93. The van der Waals surface area contributed by atoms with Crippen molar-refractivity contribution in [3.05, 3.63) is 29.8 Å². The summed E-state index contributed by atoms with van der Waals surface area (Å²) < 4.78 is 5.51. The van der Waals surface area contributed by atoms with Gasteiger partial charge in [-0.3, -0.25) is 4.90 Å². The molecule has 1 N–H and O–H groups in total. The van der Waals surface area contributed by atoms with Crippen molar-refractivity contribution in [3.63, 3.8) is 0 Å². The van der Waals surface area contributed by atoms with Gasteiger partial charge in [0.05, 0.1) is 7.11 Å². The monoisotopic (exact) mass is 277 g/mol. The first-order chi connectivity index (χ1) is 9.74. The van der Waals surface area contributed by atoms with Crippen LogP contribution in [0.15, 0.2) is 24.3 Å². The molecule has 1 fully saturated rings. The fourth-order valence-corrected chi connectivity index (χ4v) is 2.76. The van der Waals surface area contributed by atoms with Crippen LogP contribution < -0.4 is 10.1 Å². The molecule has 1 unspecified atom stereocenters. The van der Waals surface area contributed by atoms with Crippen molar-refractivity contribution in [1.29, 1.82) is 0 Å². The smallest absolute Gasteiger partial charge is 0.123 e. The third kappa shape index (κ3) is 3.95. The van der Waals surface area contributed by atoms with Crippen molar-refractivity contribution in [2.75, 3.05) is 53.4 Å². The number of likely N-dealkylation sites (N-methyl/N-ethyl adjacent to an activating group) is 2. The molecule has 4 nitrogen and oxygen atoms in total. The Labute approximate surface area is 122 Å². The van der Waals surface area contributed by atoms with E-state index in [0.29, 0.717) is 6.04 Å². The number of nitrogens with zero attached hydrogens (tertiary/aromatic N) is 2. The molecule has 4 heteroatoms. The molecule has 1 aromatic carbocycles. The summed E-state index contributed by atoms with van der Waals surface area (Å²) in [6, 6.07) is 8.67. The molecule has 112 valence electrons. The zero-order chi connectivity index (χ0) is 14.4. The van der Waals surface area contributed by atoms with E-state index in [9.17, 15) is 0 Å². The third-order valence-electron chi connectivity index (χ3n) is 4.00. The van der Waals surface area contributed by atoms with E-state index >= 15 is 0 Å². The third-order valence-corrected chi connectivity index (χ3v) is 4.00. The second-order valence-electron chi connectivity index (χ2n) is 5.46. The number of benzene rings is 1. The van der Waals surface area contributed by atoms with Crippen LogP contribution >= 0.6 is 0 Å². The maximum Gasteiger partial charge on any atom is 0.123 e. The highest BCUT2D eigenvalue weighted by Crippen LogP contribution is 2.25. The number of nitrogens with one attached hydrogen (secondary N) is 1. The Kier molecular flexibility index (Phi) is 5.83. The number of para-hydroxylation sites is 1. The molecular weight excluding hydrogens is 250 g/mol. The lowest BCUT2D eigenvalue weighted by Crippen LogP contribution is -2.47. The van der Waals surface area contributed by atoms with Crippen LogP contribution in [0.2, 0.25) is 0 Å². The van der Waals surface area contributed by atoms with Crippen molar-refractivity contribution in [2.45, 2.75) is 13.0 Å².